The van der Waals surface area contributed by atoms with Crippen LogP contribution in [0.15, 0.2) is 0 Å². The molecule has 0 unspecified atom stereocenters. The van der Waals surface area contributed by atoms with Gasteiger partial charge in [0.1, 0.15) is 0 Å². The van der Waals surface area contributed by atoms with E-state index in [2.05, 4.69) is 51.5 Å². The quantitative estimate of drug-likeness (QED) is 0.724. The van der Waals surface area contributed by atoms with Gasteiger partial charge in [-0.05, 0) is 26.6 Å². The summed E-state index contributed by atoms with van der Waals surface area (Å²) in [5, 5.41) is 12.7. The van der Waals surface area contributed by atoms with E-state index in [1.54, 1.807) is 0 Å². The molecule has 0 aliphatic carbocycles. The number of piperazine rings is 3. The van der Waals surface area contributed by atoms with Crippen LogP contribution in [-0.4, -0.2) is 113 Å². The van der Waals surface area contributed by atoms with Crippen molar-refractivity contribution in [3.63, 3.8) is 0 Å². The van der Waals surface area contributed by atoms with Crippen molar-refractivity contribution < 1.29 is 0 Å². The van der Waals surface area contributed by atoms with Crippen LogP contribution >= 0.6 is 0 Å². The fraction of sp³-hybridized carbons (Fsp3) is 1.00. The van der Waals surface area contributed by atoms with Crippen LogP contribution in [0, 0.1) is 0 Å². The van der Waals surface area contributed by atoms with Crippen LogP contribution in [0.25, 0.3) is 0 Å². The molecule has 0 aromatic carbocycles. The topological polar surface area (TPSA) is 52.0 Å². The van der Waals surface area contributed by atoms with Gasteiger partial charge in [-0.1, -0.05) is 20.3 Å². The summed E-state index contributed by atoms with van der Waals surface area (Å²) in [6.45, 7) is 20.3. The fourth-order valence-corrected chi connectivity index (χ4v) is 2.92. The molecule has 3 rings (SSSR count). The molecule has 6 nitrogen and oxygen atoms in total. The molecule has 0 N–H and O–H groups in total. The first kappa shape index (κ1) is 22.8. The first-order valence-corrected chi connectivity index (χ1v) is 10.3. The maximum absolute atomic E-state index is 4.29. The second-order valence-corrected chi connectivity index (χ2v) is 6.95. The monoisotopic (exact) mass is 353 g/mol. The van der Waals surface area contributed by atoms with Gasteiger partial charge in [-0.15, -0.1) is 0 Å². The molecular formula is C19H41N6. The molecule has 3 heterocycles. The van der Waals surface area contributed by atoms with E-state index in [1.807, 2.05) is 0 Å². The fourth-order valence-electron chi connectivity index (χ4n) is 2.92. The Morgan fingerprint density at radius 2 is 1.08 bits per heavy atom. The number of rotatable bonds is 4. The van der Waals surface area contributed by atoms with E-state index >= 15 is 0 Å². The molecule has 0 bridgehead atoms. The van der Waals surface area contributed by atoms with E-state index in [-0.39, 0.29) is 0 Å². The Kier molecular flexibility index (Phi) is 14.6. The van der Waals surface area contributed by atoms with Gasteiger partial charge >= 0.3 is 0 Å². The second kappa shape index (κ2) is 16.0. The minimum atomic E-state index is 1.04. The number of hydrogen-bond acceptors (Lipinski definition) is 3. The Labute approximate surface area is 156 Å². The standard InChI is InChI=1S/C8H17N2.C6H13N2.C5H11N2/c1-2-3-6-10-7-4-9-5-8-10;1-2-8-5-3-7-4-6-8;1-7-4-2-6-3-5-7/h2-8H2,1H3;2-6H2,1H3;2-5H2,1H3. The van der Waals surface area contributed by atoms with Gasteiger partial charge in [-0.25, -0.2) is 16.0 Å². The maximum atomic E-state index is 4.29. The van der Waals surface area contributed by atoms with Gasteiger partial charge in [0.05, 0.1) is 0 Å². The highest BCUT2D eigenvalue weighted by atomic mass is 15.2. The van der Waals surface area contributed by atoms with Gasteiger partial charge in [0.25, 0.3) is 0 Å². The molecule has 0 spiro atoms. The molecule has 0 saturated carbocycles. The SMILES string of the molecule is CCCCN1CC[N]CC1.CCN1CC[N]CC1.CN1CC[N]CC1. The van der Waals surface area contributed by atoms with E-state index in [0.29, 0.717) is 0 Å². The summed E-state index contributed by atoms with van der Waals surface area (Å²) in [4.78, 5) is 7.23. The third-order valence-electron chi connectivity index (χ3n) is 4.85. The Morgan fingerprint density at radius 1 is 0.640 bits per heavy atom. The predicted molar refractivity (Wildman–Crippen MR) is 107 cm³/mol. The zero-order valence-electron chi connectivity index (χ0n) is 17.0. The van der Waals surface area contributed by atoms with Crippen molar-refractivity contribution in [3.05, 3.63) is 0 Å². The van der Waals surface area contributed by atoms with Gasteiger partial charge in [-0.3, -0.25) is 0 Å². The maximum Gasteiger partial charge on any atom is 0.0261 e. The lowest BCUT2D eigenvalue weighted by Crippen LogP contribution is -2.40. The number of hydrogen-bond donors (Lipinski definition) is 0. The van der Waals surface area contributed by atoms with Gasteiger partial charge < -0.3 is 14.7 Å². The highest BCUT2D eigenvalue weighted by Gasteiger charge is 2.08. The van der Waals surface area contributed by atoms with E-state index in [1.165, 1.54) is 52.1 Å². The molecular weight excluding hydrogens is 312 g/mol. The molecule has 3 radical (unpaired) electrons. The summed E-state index contributed by atoms with van der Waals surface area (Å²) >= 11 is 0. The van der Waals surface area contributed by atoms with Crippen molar-refractivity contribution in [1.82, 2.24) is 30.7 Å². The molecule has 147 valence electrons. The molecule has 6 heteroatoms. The van der Waals surface area contributed by atoms with Gasteiger partial charge in [0.2, 0.25) is 0 Å². The number of likely N-dealkylation sites (N-methyl/N-ethyl adjacent to an activating group) is 2. The van der Waals surface area contributed by atoms with E-state index in [0.717, 1.165) is 52.4 Å². The molecule has 0 amide bonds. The zero-order chi connectivity index (χ0) is 18.2. The number of nitrogens with zero attached hydrogens (tertiary/aromatic N) is 6. The summed E-state index contributed by atoms with van der Waals surface area (Å²) < 4.78 is 0. The minimum absolute atomic E-state index is 1.04. The first-order valence-electron chi connectivity index (χ1n) is 10.3. The summed E-state index contributed by atoms with van der Waals surface area (Å²) in [6, 6.07) is 0. The average molecular weight is 354 g/mol. The lowest BCUT2D eigenvalue weighted by Gasteiger charge is -2.25. The van der Waals surface area contributed by atoms with Crippen LogP contribution in [-0.2, 0) is 0 Å². The second-order valence-electron chi connectivity index (χ2n) is 6.95. The molecule has 25 heavy (non-hydrogen) atoms. The van der Waals surface area contributed by atoms with Crippen LogP contribution in [0.4, 0.5) is 0 Å². The van der Waals surface area contributed by atoms with Crippen molar-refractivity contribution in [1.29, 1.82) is 0 Å². The first-order chi connectivity index (χ1) is 12.3. The molecule has 3 saturated heterocycles. The Bertz CT molecular complexity index is 271. The normalized spacial score (nSPS) is 23.2. The lowest BCUT2D eigenvalue weighted by molar-refractivity contribution is 0.235. The third-order valence-corrected chi connectivity index (χ3v) is 4.85. The van der Waals surface area contributed by atoms with Crippen LogP contribution in [0.2, 0.25) is 0 Å². The summed E-state index contributed by atoms with van der Waals surface area (Å²) in [7, 11) is 2.13. The minimum Gasteiger partial charge on any atom is -0.304 e. The number of unbranched alkanes of at least 4 members (excludes halogenated alkanes) is 1. The molecule has 3 aliphatic rings. The van der Waals surface area contributed by atoms with Crippen molar-refractivity contribution in [2.24, 2.45) is 0 Å². The van der Waals surface area contributed by atoms with Crippen LogP contribution in [0.1, 0.15) is 26.7 Å². The molecule has 0 aromatic heterocycles. The summed E-state index contributed by atoms with van der Waals surface area (Å²) in [5.41, 5.74) is 0. The van der Waals surface area contributed by atoms with Crippen molar-refractivity contribution in [2.75, 3.05) is 98.7 Å². The Balaban J connectivity index is 0.000000191. The summed E-state index contributed by atoms with van der Waals surface area (Å²) in [5.74, 6) is 0. The van der Waals surface area contributed by atoms with E-state index in [9.17, 15) is 0 Å². The van der Waals surface area contributed by atoms with Crippen LogP contribution in [0.3, 0.4) is 0 Å². The van der Waals surface area contributed by atoms with Crippen LogP contribution in [0.5, 0.6) is 0 Å². The smallest absolute Gasteiger partial charge is 0.0261 e. The van der Waals surface area contributed by atoms with Crippen molar-refractivity contribution in [3.8, 4) is 0 Å². The Hall–Kier alpha value is -0.240. The lowest BCUT2D eigenvalue weighted by atomic mass is 10.3. The average Bonchev–Trinajstić information content (AvgIpc) is 2.69. The Morgan fingerprint density at radius 3 is 1.40 bits per heavy atom. The van der Waals surface area contributed by atoms with Gasteiger partial charge in [-0.2, -0.15) is 0 Å². The van der Waals surface area contributed by atoms with Crippen LogP contribution < -0.4 is 16.0 Å². The van der Waals surface area contributed by atoms with E-state index < -0.39 is 0 Å². The summed E-state index contributed by atoms with van der Waals surface area (Å²) in [6.07, 6.45) is 2.66. The largest absolute Gasteiger partial charge is 0.304 e. The highest BCUT2D eigenvalue weighted by molar-refractivity contribution is 4.66. The van der Waals surface area contributed by atoms with Gasteiger partial charge in [0, 0.05) is 78.5 Å². The highest BCUT2D eigenvalue weighted by Crippen LogP contribution is 1.96. The third kappa shape index (κ3) is 12.7. The van der Waals surface area contributed by atoms with E-state index in [4.69, 9.17) is 0 Å². The van der Waals surface area contributed by atoms with Gasteiger partial charge in [0.15, 0.2) is 0 Å². The molecule has 0 atom stereocenters. The molecule has 3 fully saturated rings. The predicted octanol–water partition coefficient (Wildman–Crippen LogP) is 0.169. The molecule has 0 aromatic rings. The van der Waals surface area contributed by atoms with Crippen molar-refractivity contribution >= 4 is 0 Å². The van der Waals surface area contributed by atoms with Crippen molar-refractivity contribution in [2.45, 2.75) is 26.7 Å². The molecule has 3 aliphatic heterocycles. The zero-order valence-corrected chi connectivity index (χ0v) is 17.0.